The van der Waals surface area contributed by atoms with Crippen molar-refractivity contribution < 1.29 is 9.53 Å². The summed E-state index contributed by atoms with van der Waals surface area (Å²) in [5, 5.41) is 0. The summed E-state index contributed by atoms with van der Waals surface area (Å²) in [5.41, 5.74) is 1.04. The first-order valence-electron chi connectivity index (χ1n) is 10.1. The largest absolute Gasteiger partial charge is 0.461 e. The summed E-state index contributed by atoms with van der Waals surface area (Å²) in [6.07, 6.45) is 12.6. The van der Waals surface area contributed by atoms with Gasteiger partial charge in [0.25, 0.3) is 0 Å². The van der Waals surface area contributed by atoms with Crippen LogP contribution in [0.3, 0.4) is 0 Å². The van der Waals surface area contributed by atoms with Crippen molar-refractivity contribution in [2.75, 3.05) is 0 Å². The lowest BCUT2D eigenvalue weighted by Gasteiger charge is -2.61. The SMILES string of the molecule is CC(=O)O[C@@H]1C[C@@]2(C)[C@@H](CC[C@H]3[C@@H]4CCC[C@@]4(C)CC[C@@H]32)C[C@@H]1I. The molecular weight excluding hydrogens is 411 g/mol. The number of halogens is 1. The minimum absolute atomic E-state index is 0.0944. The number of esters is 1. The molecule has 136 valence electrons. The zero-order valence-corrected chi connectivity index (χ0v) is 17.7. The fourth-order valence-electron chi connectivity index (χ4n) is 7.55. The molecular formula is C21H33IO2. The normalized spacial score (nSPS) is 53.7. The van der Waals surface area contributed by atoms with Gasteiger partial charge in [-0.2, -0.15) is 0 Å². The molecule has 0 saturated heterocycles. The molecule has 0 unspecified atom stereocenters. The number of hydrogen-bond donors (Lipinski definition) is 0. The molecule has 0 aromatic rings. The van der Waals surface area contributed by atoms with Crippen LogP contribution in [0, 0.1) is 34.5 Å². The fraction of sp³-hybridized carbons (Fsp3) is 0.952. The van der Waals surface area contributed by atoms with E-state index >= 15 is 0 Å². The van der Waals surface area contributed by atoms with E-state index in [-0.39, 0.29) is 12.1 Å². The second kappa shape index (κ2) is 6.13. The zero-order chi connectivity index (χ0) is 17.1. The maximum absolute atomic E-state index is 11.6. The molecule has 4 rings (SSSR count). The van der Waals surface area contributed by atoms with Crippen LogP contribution in [0.5, 0.6) is 0 Å². The van der Waals surface area contributed by atoms with Gasteiger partial charge in [0, 0.05) is 10.8 Å². The summed E-state index contributed by atoms with van der Waals surface area (Å²) in [5.74, 6) is 3.53. The van der Waals surface area contributed by atoms with Crippen LogP contribution in [0.25, 0.3) is 0 Å². The van der Waals surface area contributed by atoms with Gasteiger partial charge < -0.3 is 4.74 Å². The van der Waals surface area contributed by atoms with Gasteiger partial charge >= 0.3 is 5.97 Å². The summed E-state index contributed by atoms with van der Waals surface area (Å²) in [6, 6.07) is 0. The Kier molecular flexibility index (Phi) is 4.49. The van der Waals surface area contributed by atoms with Gasteiger partial charge in [0.1, 0.15) is 6.10 Å². The third-order valence-corrected chi connectivity index (χ3v) is 10.0. The van der Waals surface area contributed by atoms with Gasteiger partial charge in [-0.3, -0.25) is 4.79 Å². The quantitative estimate of drug-likeness (QED) is 0.292. The lowest BCUT2D eigenvalue weighted by atomic mass is 9.45. The molecule has 4 aliphatic carbocycles. The van der Waals surface area contributed by atoms with Gasteiger partial charge in [0.05, 0.1) is 0 Å². The molecule has 4 aliphatic rings. The molecule has 3 heteroatoms. The van der Waals surface area contributed by atoms with Gasteiger partial charge in [0.2, 0.25) is 0 Å². The van der Waals surface area contributed by atoms with Crippen molar-refractivity contribution in [3.05, 3.63) is 0 Å². The topological polar surface area (TPSA) is 26.3 Å². The molecule has 0 aromatic carbocycles. The first-order valence-corrected chi connectivity index (χ1v) is 11.4. The van der Waals surface area contributed by atoms with Crippen molar-refractivity contribution in [1.82, 2.24) is 0 Å². The fourth-order valence-corrected chi connectivity index (χ4v) is 8.56. The van der Waals surface area contributed by atoms with Crippen molar-refractivity contribution in [2.45, 2.75) is 88.6 Å². The third-order valence-electron chi connectivity index (χ3n) is 8.72. The molecule has 0 heterocycles. The highest BCUT2D eigenvalue weighted by atomic mass is 127. The molecule has 2 nitrogen and oxygen atoms in total. The van der Waals surface area contributed by atoms with E-state index in [0.29, 0.717) is 14.8 Å². The summed E-state index contributed by atoms with van der Waals surface area (Å²) < 4.78 is 6.26. The van der Waals surface area contributed by atoms with Crippen LogP contribution in [-0.2, 0) is 9.53 Å². The van der Waals surface area contributed by atoms with Crippen LogP contribution in [0.1, 0.15) is 78.6 Å². The van der Waals surface area contributed by atoms with Crippen LogP contribution in [0.15, 0.2) is 0 Å². The van der Waals surface area contributed by atoms with E-state index < -0.39 is 0 Å². The average Bonchev–Trinajstić information content (AvgIpc) is 2.90. The van der Waals surface area contributed by atoms with Crippen LogP contribution >= 0.6 is 22.6 Å². The van der Waals surface area contributed by atoms with Crippen molar-refractivity contribution >= 4 is 28.6 Å². The van der Waals surface area contributed by atoms with Gasteiger partial charge in [0.15, 0.2) is 0 Å². The second-order valence-electron chi connectivity index (χ2n) is 9.85. The molecule has 0 N–H and O–H groups in total. The van der Waals surface area contributed by atoms with Gasteiger partial charge in [-0.05, 0) is 85.9 Å². The predicted octanol–water partition coefficient (Wildman–Crippen LogP) is 5.76. The Morgan fingerprint density at radius 2 is 1.88 bits per heavy atom. The molecule has 24 heavy (non-hydrogen) atoms. The summed E-state index contributed by atoms with van der Waals surface area (Å²) in [4.78, 5) is 11.6. The zero-order valence-electron chi connectivity index (χ0n) is 15.5. The van der Waals surface area contributed by atoms with Crippen molar-refractivity contribution in [3.8, 4) is 0 Å². The number of carbonyl (C=O) groups excluding carboxylic acids is 1. The van der Waals surface area contributed by atoms with Crippen molar-refractivity contribution in [3.63, 3.8) is 0 Å². The molecule has 0 spiro atoms. The Hall–Kier alpha value is 0.200. The van der Waals surface area contributed by atoms with E-state index in [0.717, 1.165) is 30.1 Å². The van der Waals surface area contributed by atoms with Crippen molar-refractivity contribution in [1.29, 1.82) is 0 Å². The average molecular weight is 444 g/mol. The first-order chi connectivity index (χ1) is 11.3. The Bertz CT molecular complexity index is 520. The number of hydrogen-bond acceptors (Lipinski definition) is 2. The minimum atomic E-state index is -0.0944. The maximum atomic E-state index is 11.6. The summed E-state index contributed by atoms with van der Waals surface area (Å²) in [6.45, 7) is 6.72. The van der Waals surface area contributed by atoms with Crippen LogP contribution in [0.2, 0.25) is 0 Å². The van der Waals surface area contributed by atoms with E-state index in [1.165, 1.54) is 51.4 Å². The maximum Gasteiger partial charge on any atom is 0.302 e. The standard InChI is InChI=1S/C21H33IO2/c1-13(23)24-19-12-21(3)14(11-18(19)22)6-7-15-16-5-4-9-20(16,2)10-8-17(15)21/h14-19H,4-12H2,1-3H3/t14-,15-,16-,17-,18-,19+,20-,21-/m0/s1. The molecule has 4 saturated carbocycles. The number of carbonyl (C=O) groups is 1. The molecule has 8 atom stereocenters. The number of ether oxygens (including phenoxy) is 1. The van der Waals surface area contributed by atoms with Crippen molar-refractivity contribution in [2.24, 2.45) is 34.5 Å². The highest BCUT2D eigenvalue weighted by Gasteiger charge is 2.59. The predicted molar refractivity (Wildman–Crippen MR) is 105 cm³/mol. The second-order valence-corrected chi connectivity index (χ2v) is 11.4. The van der Waals surface area contributed by atoms with Crippen LogP contribution in [0.4, 0.5) is 0 Å². The van der Waals surface area contributed by atoms with Gasteiger partial charge in [-0.1, -0.05) is 42.9 Å². The van der Waals surface area contributed by atoms with Gasteiger partial charge in [-0.15, -0.1) is 0 Å². The molecule has 0 radical (unpaired) electrons. The summed E-state index contributed by atoms with van der Waals surface area (Å²) in [7, 11) is 0. The van der Waals surface area contributed by atoms with E-state index in [9.17, 15) is 4.79 Å². The van der Waals surface area contributed by atoms with E-state index in [1.807, 2.05) is 0 Å². The third kappa shape index (κ3) is 2.66. The number of alkyl halides is 1. The Balaban J connectivity index is 1.59. The monoisotopic (exact) mass is 444 g/mol. The highest BCUT2D eigenvalue weighted by Crippen LogP contribution is 2.66. The Morgan fingerprint density at radius 3 is 2.62 bits per heavy atom. The molecule has 0 amide bonds. The number of fused-ring (bicyclic) bond motifs is 5. The van der Waals surface area contributed by atoms with Crippen LogP contribution < -0.4 is 0 Å². The molecule has 0 aliphatic heterocycles. The Morgan fingerprint density at radius 1 is 1.08 bits per heavy atom. The van der Waals surface area contributed by atoms with E-state index in [4.69, 9.17) is 4.74 Å². The van der Waals surface area contributed by atoms with Gasteiger partial charge in [-0.25, -0.2) is 0 Å². The lowest BCUT2D eigenvalue weighted by Crippen LogP contribution is -2.55. The van der Waals surface area contributed by atoms with Crippen LogP contribution in [-0.4, -0.2) is 16.0 Å². The number of rotatable bonds is 1. The highest BCUT2D eigenvalue weighted by molar-refractivity contribution is 14.1. The Labute approximate surface area is 161 Å². The summed E-state index contributed by atoms with van der Waals surface area (Å²) >= 11 is 2.55. The smallest absolute Gasteiger partial charge is 0.302 e. The first kappa shape index (κ1) is 17.6. The van der Waals surface area contributed by atoms with E-state index in [1.54, 1.807) is 6.92 Å². The minimum Gasteiger partial charge on any atom is -0.461 e. The molecule has 0 aromatic heterocycles. The lowest BCUT2D eigenvalue weighted by molar-refractivity contribution is -0.159. The van der Waals surface area contributed by atoms with E-state index in [2.05, 4.69) is 36.4 Å². The molecule has 0 bridgehead atoms. The molecule has 4 fully saturated rings.